The third-order valence-electron chi connectivity index (χ3n) is 5.89. The largest absolute Gasteiger partial charge is 0.378 e. The zero-order valence-corrected chi connectivity index (χ0v) is 17.5. The van der Waals surface area contributed by atoms with E-state index in [1.54, 1.807) is 0 Å². The van der Waals surface area contributed by atoms with Gasteiger partial charge in [0.1, 0.15) is 0 Å². The molecule has 0 spiro atoms. The average Bonchev–Trinajstić information content (AvgIpc) is 2.75. The van der Waals surface area contributed by atoms with Crippen LogP contribution in [-0.4, -0.2) is 74.7 Å². The van der Waals surface area contributed by atoms with E-state index in [1.807, 2.05) is 11.9 Å². The van der Waals surface area contributed by atoms with E-state index in [-0.39, 0.29) is 5.92 Å². The molecule has 2 aliphatic heterocycles. The van der Waals surface area contributed by atoms with E-state index >= 15 is 0 Å². The molecule has 1 aromatic carbocycles. The topological polar surface area (TPSA) is 57.2 Å². The summed E-state index contributed by atoms with van der Waals surface area (Å²) in [5, 5.41) is 3.52. The van der Waals surface area contributed by atoms with Crippen LogP contribution < -0.4 is 5.32 Å². The number of carbonyl (C=O) groups is 1. The molecule has 3 rings (SSSR count). The van der Waals surface area contributed by atoms with Gasteiger partial charge in [-0.15, -0.1) is 0 Å². The highest BCUT2D eigenvalue weighted by Crippen LogP contribution is 2.21. The van der Waals surface area contributed by atoms with E-state index < -0.39 is 0 Å². The number of nitrogens with one attached hydrogen (secondary N) is 1. The van der Waals surface area contributed by atoms with Gasteiger partial charge >= 0.3 is 0 Å². The number of hydrogen-bond acceptors (Lipinski definition) is 3. The molecule has 0 radical (unpaired) electrons. The van der Waals surface area contributed by atoms with Crippen LogP contribution in [-0.2, 0) is 9.53 Å². The number of likely N-dealkylation sites (tertiary alicyclic amines) is 1. The number of amides is 1. The zero-order valence-electron chi connectivity index (χ0n) is 17.5. The standard InChI is InChI=1S/C22H34N4O2/c1-17-4-6-19(7-5-17)18(2)16-24-22(23-3)26-10-8-20(9-11-26)21(27)25-12-14-28-15-13-25/h4-7,18,20H,8-16H2,1-3H3,(H,23,24). The Morgan fingerprint density at radius 2 is 1.79 bits per heavy atom. The van der Waals surface area contributed by atoms with Crippen LogP contribution in [0, 0.1) is 12.8 Å². The van der Waals surface area contributed by atoms with Crippen molar-refractivity contribution in [2.75, 3.05) is 53.0 Å². The maximum atomic E-state index is 12.7. The van der Waals surface area contributed by atoms with E-state index in [0.29, 0.717) is 25.0 Å². The van der Waals surface area contributed by atoms with Crippen LogP contribution in [0.15, 0.2) is 29.3 Å². The summed E-state index contributed by atoms with van der Waals surface area (Å²) in [5.41, 5.74) is 2.62. The summed E-state index contributed by atoms with van der Waals surface area (Å²) in [6, 6.07) is 8.73. The normalized spacial score (nSPS) is 20.2. The second-order valence-electron chi connectivity index (χ2n) is 7.94. The lowest BCUT2D eigenvalue weighted by Crippen LogP contribution is -2.50. The molecule has 1 N–H and O–H groups in total. The van der Waals surface area contributed by atoms with E-state index in [9.17, 15) is 4.79 Å². The molecular formula is C22H34N4O2. The molecule has 2 heterocycles. The van der Waals surface area contributed by atoms with Crippen molar-refractivity contribution >= 4 is 11.9 Å². The number of rotatable bonds is 4. The molecule has 1 amide bonds. The van der Waals surface area contributed by atoms with Crippen molar-refractivity contribution in [2.45, 2.75) is 32.6 Å². The molecule has 6 nitrogen and oxygen atoms in total. The molecular weight excluding hydrogens is 352 g/mol. The van der Waals surface area contributed by atoms with Gasteiger partial charge in [-0.3, -0.25) is 9.79 Å². The van der Waals surface area contributed by atoms with E-state index in [1.165, 1.54) is 11.1 Å². The monoisotopic (exact) mass is 386 g/mol. The minimum absolute atomic E-state index is 0.138. The number of piperidine rings is 1. The summed E-state index contributed by atoms with van der Waals surface area (Å²) in [6.07, 6.45) is 1.79. The smallest absolute Gasteiger partial charge is 0.225 e. The highest BCUT2D eigenvalue weighted by molar-refractivity contribution is 5.81. The summed E-state index contributed by atoms with van der Waals surface area (Å²) in [6.45, 7) is 9.75. The zero-order chi connectivity index (χ0) is 19.9. The number of aryl methyl sites for hydroxylation is 1. The fourth-order valence-electron chi connectivity index (χ4n) is 3.97. The Labute approximate surface area is 168 Å². The summed E-state index contributed by atoms with van der Waals surface area (Å²) >= 11 is 0. The maximum absolute atomic E-state index is 12.7. The molecule has 28 heavy (non-hydrogen) atoms. The Balaban J connectivity index is 1.46. The first-order valence-corrected chi connectivity index (χ1v) is 10.5. The first-order valence-electron chi connectivity index (χ1n) is 10.5. The Morgan fingerprint density at radius 1 is 1.14 bits per heavy atom. The predicted molar refractivity (Wildman–Crippen MR) is 113 cm³/mol. The summed E-state index contributed by atoms with van der Waals surface area (Å²) in [5.74, 6) is 1.80. The van der Waals surface area contributed by atoms with E-state index in [0.717, 1.165) is 51.5 Å². The number of guanidine groups is 1. The molecule has 2 saturated heterocycles. The molecule has 2 fully saturated rings. The van der Waals surface area contributed by atoms with E-state index in [2.05, 4.69) is 53.3 Å². The highest BCUT2D eigenvalue weighted by Gasteiger charge is 2.30. The van der Waals surface area contributed by atoms with Gasteiger partial charge in [0.2, 0.25) is 5.91 Å². The van der Waals surface area contributed by atoms with Gasteiger partial charge in [0.05, 0.1) is 13.2 Å². The number of ether oxygens (including phenoxy) is 1. The molecule has 0 aromatic heterocycles. The lowest BCUT2D eigenvalue weighted by Gasteiger charge is -2.37. The van der Waals surface area contributed by atoms with Gasteiger partial charge in [0.25, 0.3) is 0 Å². The predicted octanol–water partition coefficient (Wildman–Crippen LogP) is 2.24. The maximum Gasteiger partial charge on any atom is 0.225 e. The Kier molecular flexibility index (Phi) is 7.31. The highest BCUT2D eigenvalue weighted by atomic mass is 16.5. The minimum Gasteiger partial charge on any atom is -0.378 e. The molecule has 0 saturated carbocycles. The van der Waals surface area contributed by atoms with Crippen molar-refractivity contribution in [1.29, 1.82) is 0 Å². The fourth-order valence-corrected chi connectivity index (χ4v) is 3.97. The number of hydrogen-bond donors (Lipinski definition) is 1. The van der Waals surface area contributed by atoms with Gasteiger partial charge in [0.15, 0.2) is 5.96 Å². The van der Waals surface area contributed by atoms with Crippen LogP contribution in [0.3, 0.4) is 0 Å². The van der Waals surface area contributed by atoms with Crippen LogP contribution in [0.2, 0.25) is 0 Å². The molecule has 1 atom stereocenters. The van der Waals surface area contributed by atoms with Crippen molar-refractivity contribution in [1.82, 2.24) is 15.1 Å². The molecule has 154 valence electrons. The molecule has 2 aliphatic rings. The van der Waals surface area contributed by atoms with Gasteiger partial charge in [-0.05, 0) is 31.2 Å². The first kappa shape index (κ1) is 20.6. The van der Waals surface area contributed by atoms with Crippen molar-refractivity contribution in [2.24, 2.45) is 10.9 Å². The number of aliphatic imine (C=N–C) groups is 1. The van der Waals surface area contributed by atoms with Crippen LogP contribution >= 0.6 is 0 Å². The average molecular weight is 387 g/mol. The van der Waals surface area contributed by atoms with Gasteiger partial charge < -0.3 is 19.9 Å². The van der Waals surface area contributed by atoms with Crippen molar-refractivity contribution in [3.05, 3.63) is 35.4 Å². The summed E-state index contributed by atoms with van der Waals surface area (Å²) in [4.78, 5) is 21.4. The van der Waals surface area contributed by atoms with Crippen LogP contribution in [0.1, 0.15) is 36.8 Å². The lowest BCUT2D eigenvalue weighted by molar-refractivity contribution is -0.140. The quantitative estimate of drug-likeness (QED) is 0.637. The second-order valence-corrected chi connectivity index (χ2v) is 7.94. The summed E-state index contributed by atoms with van der Waals surface area (Å²) in [7, 11) is 1.84. The Bertz CT molecular complexity index is 660. The van der Waals surface area contributed by atoms with E-state index in [4.69, 9.17) is 4.74 Å². The molecule has 0 aliphatic carbocycles. The van der Waals surface area contributed by atoms with Gasteiger partial charge in [-0.1, -0.05) is 36.8 Å². The van der Waals surface area contributed by atoms with Crippen LogP contribution in [0.4, 0.5) is 0 Å². The molecule has 1 aromatic rings. The van der Waals surface area contributed by atoms with Crippen LogP contribution in [0.5, 0.6) is 0 Å². The van der Waals surface area contributed by atoms with Gasteiger partial charge in [-0.2, -0.15) is 0 Å². The minimum atomic E-state index is 0.138. The second kappa shape index (κ2) is 9.92. The number of carbonyl (C=O) groups excluding carboxylic acids is 1. The van der Waals surface area contributed by atoms with Crippen LogP contribution in [0.25, 0.3) is 0 Å². The Hall–Kier alpha value is -2.08. The van der Waals surface area contributed by atoms with Crippen molar-refractivity contribution in [3.8, 4) is 0 Å². The first-order chi connectivity index (χ1) is 13.6. The molecule has 1 unspecified atom stereocenters. The lowest BCUT2D eigenvalue weighted by atomic mass is 9.95. The number of benzene rings is 1. The fraction of sp³-hybridized carbons (Fsp3) is 0.636. The SMILES string of the molecule is CN=C(NCC(C)c1ccc(C)cc1)N1CCC(C(=O)N2CCOCC2)CC1. The third kappa shape index (κ3) is 5.25. The van der Waals surface area contributed by atoms with Gasteiger partial charge in [-0.25, -0.2) is 0 Å². The van der Waals surface area contributed by atoms with Crippen molar-refractivity contribution < 1.29 is 9.53 Å². The third-order valence-corrected chi connectivity index (χ3v) is 5.89. The summed E-state index contributed by atoms with van der Waals surface area (Å²) < 4.78 is 5.36. The molecule has 6 heteroatoms. The Morgan fingerprint density at radius 3 is 2.39 bits per heavy atom. The number of nitrogens with zero attached hydrogens (tertiary/aromatic N) is 3. The van der Waals surface area contributed by atoms with Crippen molar-refractivity contribution in [3.63, 3.8) is 0 Å². The van der Waals surface area contributed by atoms with Gasteiger partial charge in [0, 0.05) is 45.7 Å². The number of morpholine rings is 1. The molecule has 0 bridgehead atoms.